The van der Waals surface area contributed by atoms with Crippen molar-refractivity contribution in [1.82, 2.24) is 9.03 Å². The normalized spacial score (nSPS) is 15.4. The van der Waals surface area contributed by atoms with Crippen LogP contribution in [0.5, 0.6) is 5.75 Å². The highest BCUT2D eigenvalue weighted by Crippen LogP contribution is 2.27. The van der Waals surface area contributed by atoms with Crippen LogP contribution in [0.1, 0.15) is 47.4 Å². The third kappa shape index (κ3) is 4.26. The van der Waals surface area contributed by atoms with Crippen LogP contribution < -0.4 is 9.46 Å². The fourth-order valence-electron chi connectivity index (χ4n) is 2.42. The molecule has 1 fully saturated rings. The van der Waals surface area contributed by atoms with Crippen molar-refractivity contribution >= 4 is 22.1 Å². The van der Waals surface area contributed by atoms with E-state index >= 15 is 0 Å². The van der Waals surface area contributed by atoms with Gasteiger partial charge in [0.1, 0.15) is 0 Å². The second-order valence-electron chi connectivity index (χ2n) is 5.82. The van der Waals surface area contributed by atoms with Crippen molar-refractivity contribution in [2.75, 3.05) is 13.1 Å². The zero-order valence-electron chi connectivity index (χ0n) is 13.8. The molecule has 1 aromatic rings. The van der Waals surface area contributed by atoms with Crippen LogP contribution in [-0.4, -0.2) is 48.9 Å². The molecule has 2 rings (SSSR count). The first-order valence-electron chi connectivity index (χ1n) is 7.68. The lowest BCUT2D eigenvalue weighted by molar-refractivity contribution is 0.0689. The summed E-state index contributed by atoms with van der Waals surface area (Å²) in [7, 11) is -4.05. The van der Waals surface area contributed by atoms with E-state index in [1.165, 1.54) is 0 Å². The Hall–Kier alpha value is -2.20. The van der Waals surface area contributed by atoms with Gasteiger partial charge in [0, 0.05) is 13.1 Å². The van der Waals surface area contributed by atoms with E-state index in [0.29, 0.717) is 25.9 Å². The van der Waals surface area contributed by atoms with Crippen LogP contribution >= 0.6 is 0 Å². The molecule has 1 aliphatic rings. The number of amides is 1. The summed E-state index contributed by atoms with van der Waals surface area (Å²) in [5.74, 6) is -4.43. The highest BCUT2D eigenvalue weighted by Gasteiger charge is 2.30. The van der Waals surface area contributed by atoms with Gasteiger partial charge in [-0.05, 0) is 38.8 Å². The van der Waals surface area contributed by atoms with Crippen molar-refractivity contribution in [2.24, 2.45) is 0 Å². The van der Waals surface area contributed by atoms with Gasteiger partial charge in [-0.25, -0.2) is 13.9 Å². The number of rotatable bonds is 6. The Morgan fingerprint density at radius 1 is 1.24 bits per heavy atom. The third-order valence-corrected chi connectivity index (χ3v) is 5.04. The Balaban J connectivity index is 2.38. The van der Waals surface area contributed by atoms with Crippen LogP contribution in [0.25, 0.3) is 0 Å². The number of ether oxygens (including phenoxy) is 1. The van der Waals surface area contributed by atoms with Crippen LogP contribution in [0, 0.1) is 5.82 Å². The molecular formula is C15H19FN2O6S. The van der Waals surface area contributed by atoms with Gasteiger partial charge in [-0.3, -0.25) is 4.79 Å². The molecular weight excluding hydrogens is 355 g/mol. The summed E-state index contributed by atoms with van der Waals surface area (Å²) < 4.78 is 47.0. The quantitative estimate of drug-likeness (QED) is 0.778. The summed E-state index contributed by atoms with van der Waals surface area (Å²) >= 11 is 0. The van der Waals surface area contributed by atoms with Crippen molar-refractivity contribution in [3.8, 4) is 5.75 Å². The first-order valence-corrected chi connectivity index (χ1v) is 9.12. The van der Waals surface area contributed by atoms with Crippen molar-refractivity contribution in [2.45, 2.75) is 32.8 Å². The van der Waals surface area contributed by atoms with E-state index in [1.54, 1.807) is 13.8 Å². The minimum Gasteiger partial charge on any atom is -0.487 e. The highest BCUT2D eigenvalue weighted by molar-refractivity contribution is 7.87. The van der Waals surface area contributed by atoms with E-state index < -0.39 is 45.3 Å². The molecule has 10 heteroatoms. The van der Waals surface area contributed by atoms with Crippen molar-refractivity contribution in [3.63, 3.8) is 0 Å². The molecule has 1 saturated heterocycles. The maximum Gasteiger partial charge on any atom is 0.338 e. The van der Waals surface area contributed by atoms with Crippen molar-refractivity contribution in [1.29, 1.82) is 0 Å². The molecule has 138 valence electrons. The Morgan fingerprint density at radius 2 is 1.80 bits per heavy atom. The number of halogens is 1. The number of nitrogens with zero attached hydrogens (tertiary/aromatic N) is 1. The summed E-state index contributed by atoms with van der Waals surface area (Å²) in [5.41, 5.74) is -1.06. The second kappa shape index (κ2) is 7.36. The summed E-state index contributed by atoms with van der Waals surface area (Å²) in [6.07, 6.45) is 0.831. The zero-order valence-corrected chi connectivity index (χ0v) is 14.6. The fourth-order valence-corrected chi connectivity index (χ4v) is 3.63. The summed E-state index contributed by atoms with van der Waals surface area (Å²) in [4.78, 5) is 23.4. The van der Waals surface area contributed by atoms with Gasteiger partial charge in [-0.2, -0.15) is 12.7 Å². The van der Waals surface area contributed by atoms with Crippen LogP contribution in [0.3, 0.4) is 0 Å². The molecule has 2 N–H and O–H groups in total. The van der Waals surface area contributed by atoms with Crippen molar-refractivity contribution < 1.29 is 32.2 Å². The molecule has 0 spiro atoms. The molecule has 0 atom stereocenters. The monoisotopic (exact) mass is 374 g/mol. The lowest BCUT2D eigenvalue weighted by Crippen LogP contribution is -2.42. The number of nitrogens with one attached hydrogen (secondary N) is 1. The third-order valence-electron chi connectivity index (χ3n) is 3.55. The minimum absolute atomic E-state index is 0.296. The number of carbonyl (C=O) groups excluding carboxylic acids is 1. The molecule has 0 aromatic heterocycles. The first kappa shape index (κ1) is 19.1. The van der Waals surface area contributed by atoms with Gasteiger partial charge >= 0.3 is 16.2 Å². The Morgan fingerprint density at radius 3 is 2.32 bits per heavy atom. The molecule has 0 bridgehead atoms. The molecule has 0 saturated carbocycles. The SMILES string of the molecule is CC(C)Oc1c(C(=O)NS(=O)(=O)N2CCCC2)ccc(C(=O)O)c1F. The molecule has 1 aliphatic heterocycles. The summed E-state index contributed by atoms with van der Waals surface area (Å²) in [6.45, 7) is 3.72. The van der Waals surface area contributed by atoms with Gasteiger partial charge in [-0.15, -0.1) is 0 Å². The Bertz CT molecular complexity index is 787. The molecule has 0 unspecified atom stereocenters. The fraction of sp³-hybridized carbons (Fsp3) is 0.467. The van der Waals surface area contributed by atoms with E-state index in [2.05, 4.69) is 0 Å². The van der Waals surface area contributed by atoms with Gasteiger partial charge in [0.2, 0.25) is 0 Å². The minimum atomic E-state index is -4.05. The Labute approximate surface area is 144 Å². The topological polar surface area (TPSA) is 113 Å². The number of hydrogen-bond donors (Lipinski definition) is 2. The van der Waals surface area contributed by atoms with E-state index in [1.807, 2.05) is 4.72 Å². The van der Waals surface area contributed by atoms with E-state index in [4.69, 9.17) is 9.84 Å². The van der Waals surface area contributed by atoms with E-state index in [-0.39, 0.29) is 5.56 Å². The van der Waals surface area contributed by atoms with Crippen molar-refractivity contribution in [3.05, 3.63) is 29.1 Å². The average molecular weight is 374 g/mol. The maximum atomic E-state index is 14.4. The summed E-state index contributed by atoms with van der Waals surface area (Å²) in [6, 6.07) is 1.92. The van der Waals surface area contributed by atoms with E-state index in [9.17, 15) is 22.4 Å². The average Bonchev–Trinajstić information content (AvgIpc) is 3.03. The number of hydrogen-bond acceptors (Lipinski definition) is 5. The van der Waals surface area contributed by atoms with Gasteiger partial charge in [0.25, 0.3) is 5.91 Å². The van der Waals surface area contributed by atoms with Crippen LogP contribution in [0.2, 0.25) is 0 Å². The lowest BCUT2D eigenvalue weighted by atomic mass is 10.1. The molecule has 0 aliphatic carbocycles. The van der Waals surface area contributed by atoms with Gasteiger partial charge in [0.05, 0.1) is 17.2 Å². The molecule has 1 amide bonds. The number of carboxylic acids is 1. The standard InChI is InChI=1S/C15H19FN2O6S/c1-9(2)24-13-11(6-5-10(12(13)16)15(20)21)14(19)17-25(22,23)18-7-3-4-8-18/h5-6,9H,3-4,7-8H2,1-2H3,(H,17,19)(H,20,21). The molecule has 1 aromatic carbocycles. The zero-order chi connectivity index (χ0) is 18.8. The van der Waals surface area contributed by atoms with E-state index in [0.717, 1.165) is 16.4 Å². The second-order valence-corrected chi connectivity index (χ2v) is 7.49. The highest BCUT2D eigenvalue weighted by atomic mass is 32.2. The number of benzene rings is 1. The van der Waals surface area contributed by atoms with Crippen LogP contribution in [-0.2, 0) is 10.2 Å². The lowest BCUT2D eigenvalue weighted by Gasteiger charge is -2.18. The molecule has 0 radical (unpaired) electrons. The Kier molecular flexibility index (Phi) is 5.63. The van der Waals surface area contributed by atoms with Gasteiger partial charge in [-0.1, -0.05) is 0 Å². The number of carboxylic acid groups (broad SMARTS) is 1. The predicted molar refractivity (Wildman–Crippen MR) is 86.3 cm³/mol. The molecule has 25 heavy (non-hydrogen) atoms. The van der Waals surface area contributed by atoms with Crippen LogP contribution in [0.15, 0.2) is 12.1 Å². The number of carbonyl (C=O) groups is 2. The van der Waals surface area contributed by atoms with Gasteiger partial charge < -0.3 is 9.84 Å². The van der Waals surface area contributed by atoms with Gasteiger partial charge in [0.15, 0.2) is 11.6 Å². The largest absolute Gasteiger partial charge is 0.487 e. The number of aromatic carboxylic acids is 1. The first-order chi connectivity index (χ1) is 11.6. The smallest absolute Gasteiger partial charge is 0.338 e. The molecule has 1 heterocycles. The van der Waals surface area contributed by atoms with Crippen LogP contribution in [0.4, 0.5) is 4.39 Å². The predicted octanol–water partition coefficient (Wildman–Crippen LogP) is 1.38. The molecule has 8 nitrogen and oxygen atoms in total. The maximum absolute atomic E-state index is 14.4. The summed E-state index contributed by atoms with van der Waals surface area (Å²) in [5, 5.41) is 8.99.